The second kappa shape index (κ2) is 6.21. The van der Waals surface area contributed by atoms with Crippen LogP contribution in [0.3, 0.4) is 0 Å². The Hall–Kier alpha value is -1.46. The third-order valence-corrected chi connectivity index (χ3v) is 5.35. The van der Waals surface area contributed by atoms with Crippen molar-refractivity contribution in [1.29, 1.82) is 0 Å². The average Bonchev–Trinajstić information content (AvgIpc) is 3.20. The van der Waals surface area contributed by atoms with E-state index in [0.29, 0.717) is 18.0 Å². The highest BCUT2D eigenvalue weighted by Crippen LogP contribution is 2.34. The molecular weight excluding hydrogens is 288 g/mol. The van der Waals surface area contributed by atoms with Crippen LogP contribution in [0, 0.1) is 0 Å². The number of imidazole rings is 1. The van der Waals surface area contributed by atoms with E-state index in [4.69, 9.17) is 9.72 Å². The SMILES string of the molecule is CC(C)N1CCC(n2c(C3CCOCC3)nc3cccnc32)C1. The van der Waals surface area contributed by atoms with Crippen LogP contribution in [0.4, 0.5) is 0 Å². The van der Waals surface area contributed by atoms with E-state index in [1.165, 1.54) is 18.8 Å². The lowest BCUT2D eigenvalue weighted by Gasteiger charge is -2.25. The largest absolute Gasteiger partial charge is 0.381 e. The minimum atomic E-state index is 0.496. The van der Waals surface area contributed by atoms with Crippen LogP contribution in [0.15, 0.2) is 18.3 Å². The van der Waals surface area contributed by atoms with Gasteiger partial charge in [0.25, 0.3) is 0 Å². The highest BCUT2D eigenvalue weighted by atomic mass is 16.5. The van der Waals surface area contributed by atoms with Crippen molar-refractivity contribution in [3.8, 4) is 0 Å². The molecule has 0 radical (unpaired) electrons. The first kappa shape index (κ1) is 15.1. The molecule has 2 aromatic rings. The molecule has 5 nitrogen and oxygen atoms in total. The molecule has 0 N–H and O–H groups in total. The first-order chi connectivity index (χ1) is 11.2. The lowest BCUT2D eigenvalue weighted by atomic mass is 9.99. The molecular formula is C18H26N4O. The Morgan fingerprint density at radius 3 is 2.78 bits per heavy atom. The number of aromatic nitrogens is 3. The third kappa shape index (κ3) is 2.76. The van der Waals surface area contributed by atoms with Gasteiger partial charge in [0.2, 0.25) is 0 Å². The molecule has 0 saturated carbocycles. The van der Waals surface area contributed by atoms with E-state index in [1.807, 2.05) is 12.3 Å². The van der Waals surface area contributed by atoms with Crippen LogP contribution in [-0.4, -0.2) is 51.8 Å². The topological polar surface area (TPSA) is 43.2 Å². The average molecular weight is 314 g/mol. The van der Waals surface area contributed by atoms with Gasteiger partial charge >= 0.3 is 0 Å². The number of hydrogen-bond acceptors (Lipinski definition) is 4. The first-order valence-electron chi connectivity index (χ1n) is 8.88. The molecule has 0 aromatic carbocycles. The fraction of sp³-hybridized carbons (Fsp3) is 0.667. The Labute approximate surface area is 137 Å². The van der Waals surface area contributed by atoms with E-state index < -0.39 is 0 Å². The van der Waals surface area contributed by atoms with Crippen molar-refractivity contribution in [2.45, 2.75) is 51.1 Å². The molecule has 2 aliphatic rings. The summed E-state index contributed by atoms with van der Waals surface area (Å²) in [6.07, 6.45) is 5.23. The van der Waals surface area contributed by atoms with Gasteiger partial charge in [-0.1, -0.05) is 0 Å². The summed E-state index contributed by atoms with van der Waals surface area (Å²) in [4.78, 5) is 12.2. The Morgan fingerprint density at radius 1 is 1.22 bits per heavy atom. The van der Waals surface area contributed by atoms with Crippen LogP contribution in [0.25, 0.3) is 11.2 Å². The Balaban J connectivity index is 1.74. The highest BCUT2D eigenvalue weighted by Gasteiger charge is 2.31. The fourth-order valence-corrected chi connectivity index (χ4v) is 4.00. The maximum Gasteiger partial charge on any atom is 0.160 e. The Bertz CT molecular complexity index is 675. The van der Waals surface area contributed by atoms with Crippen molar-refractivity contribution in [1.82, 2.24) is 19.4 Å². The molecule has 23 heavy (non-hydrogen) atoms. The number of hydrogen-bond donors (Lipinski definition) is 0. The van der Waals surface area contributed by atoms with Crippen molar-refractivity contribution >= 4 is 11.2 Å². The third-order valence-electron chi connectivity index (χ3n) is 5.35. The minimum Gasteiger partial charge on any atom is -0.381 e. The van der Waals surface area contributed by atoms with E-state index in [1.54, 1.807) is 0 Å². The molecule has 2 aromatic heterocycles. The van der Waals surface area contributed by atoms with Crippen LogP contribution in [0.5, 0.6) is 0 Å². The van der Waals surface area contributed by atoms with Gasteiger partial charge in [-0.25, -0.2) is 9.97 Å². The molecule has 124 valence electrons. The fourth-order valence-electron chi connectivity index (χ4n) is 4.00. The molecule has 4 rings (SSSR count). The zero-order valence-corrected chi connectivity index (χ0v) is 14.1. The van der Waals surface area contributed by atoms with E-state index >= 15 is 0 Å². The van der Waals surface area contributed by atoms with Gasteiger partial charge in [-0.05, 0) is 45.2 Å². The summed E-state index contributed by atoms with van der Waals surface area (Å²) in [5, 5.41) is 0. The van der Waals surface area contributed by atoms with Gasteiger partial charge in [-0.15, -0.1) is 0 Å². The minimum absolute atomic E-state index is 0.496. The van der Waals surface area contributed by atoms with Crippen LogP contribution in [-0.2, 0) is 4.74 Å². The van der Waals surface area contributed by atoms with Gasteiger partial charge < -0.3 is 9.30 Å². The number of rotatable bonds is 3. The van der Waals surface area contributed by atoms with Gasteiger partial charge in [0.1, 0.15) is 11.3 Å². The predicted octanol–water partition coefficient (Wildman–Crippen LogP) is 2.98. The molecule has 2 saturated heterocycles. The van der Waals surface area contributed by atoms with Gasteiger partial charge in [0, 0.05) is 44.5 Å². The molecule has 1 unspecified atom stereocenters. The van der Waals surface area contributed by atoms with Crippen LogP contribution >= 0.6 is 0 Å². The quantitative estimate of drug-likeness (QED) is 0.873. The van der Waals surface area contributed by atoms with Crippen molar-refractivity contribution < 1.29 is 4.74 Å². The first-order valence-corrected chi connectivity index (χ1v) is 8.88. The smallest absolute Gasteiger partial charge is 0.160 e. The van der Waals surface area contributed by atoms with Gasteiger partial charge in [-0.3, -0.25) is 4.90 Å². The van der Waals surface area contributed by atoms with Crippen molar-refractivity contribution in [3.05, 3.63) is 24.2 Å². The lowest BCUT2D eigenvalue weighted by Crippen LogP contribution is -2.29. The van der Waals surface area contributed by atoms with Crippen LogP contribution in [0.1, 0.15) is 50.9 Å². The molecule has 0 bridgehead atoms. The van der Waals surface area contributed by atoms with Crippen molar-refractivity contribution in [2.75, 3.05) is 26.3 Å². The van der Waals surface area contributed by atoms with Gasteiger partial charge in [0.05, 0.1) is 6.04 Å². The predicted molar refractivity (Wildman–Crippen MR) is 90.7 cm³/mol. The van der Waals surface area contributed by atoms with E-state index in [9.17, 15) is 0 Å². The van der Waals surface area contributed by atoms with Crippen molar-refractivity contribution in [3.63, 3.8) is 0 Å². The summed E-state index contributed by atoms with van der Waals surface area (Å²) in [6, 6.07) is 5.18. The maximum atomic E-state index is 5.55. The van der Waals surface area contributed by atoms with Crippen LogP contribution < -0.4 is 0 Å². The summed E-state index contributed by atoms with van der Waals surface area (Å²) < 4.78 is 8.00. The summed E-state index contributed by atoms with van der Waals surface area (Å²) >= 11 is 0. The molecule has 2 fully saturated rings. The van der Waals surface area contributed by atoms with Crippen LogP contribution in [0.2, 0.25) is 0 Å². The van der Waals surface area contributed by atoms with E-state index in [0.717, 1.165) is 43.8 Å². The molecule has 0 amide bonds. The number of ether oxygens (including phenoxy) is 1. The maximum absolute atomic E-state index is 5.55. The number of fused-ring (bicyclic) bond motifs is 1. The highest BCUT2D eigenvalue weighted by molar-refractivity contribution is 5.71. The molecule has 2 aliphatic heterocycles. The molecule has 5 heteroatoms. The second-order valence-electron chi connectivity index (χ2n) is 7.10. The number of nitrogens with zero attached hydrogens (tertiary/aromatic N) is 4. The monoisotopic (exact) mass is 314 g/mol. The van der Waals surface area contributed by atoms with E-state index in [-0.39, 0.29) is 0 Å². The number of likely N-dealkylation sites (tertiary alicyclic amines) is 1. The van der Waals surface area contributed by atoms with Gasteiger partial charge in [0.15, 0.2) is 5.65 Å². The molecule has 0 aliphatic carbocycles. The van der Waals surface area contributed by atoms with Crippen molar-refractivity contribution in [2.24, 2.45) is 0 Å². The summed E-state index contributed by atoms with van der Waals surface area (Å²) in [6.45, 7) is 8.55. The zero-order chi connectivity index (χ0) is 15.8. The van der Waals surface area contributed by atoms with Gasteiger partial charge in [-0.2, -0.15) is 0 Å². The summed E-state index contributed by atoms with van der Waals surface area (Å²) in [7, 11) is 0. The summed E-state index contributed by atoms with van der Waals surface area (Å²) in [5.74, 6) is 1.74. The molecule has 0 spiro atoms. The normalized spacial score (nSPS) is 24.0. The molecule has 1 atom stereocenters. The zero-order valence-electron chi connectivity index (χ0n) is 14.1. The Morgan fingerprint density at radius 2 is 2.04 bits per heavy atom. The standard InChI is InChI=1S/C18H26N4O/c1-13(2)21-9-5-15(12-21)22-17(14-6-10-23-11-7-14)20-16-4-3-8-19-18(16)22/h3-4,8,13-15H,5-7,9-12H2,1-2H3. The lowest BCUT2D eigenvalue weighted by molar-refractivity contribution is 0.0825. The summed E-state index contributed by atoms with van der Waals surface area (Å²) in [5.41, 5.74) is 2.10. The molecule has 4 heterocycles. The Kier molecular flexibility index (Phi) is 4.07. The second-order valence-corrected chi connectivity index (χ2v) is 7.10. The number of pyridine rings is 1. The van der Waals surface area contributed by atoms with E-state index in [2.05, 4.69) is 34.4 Å².